The van der Waals surface area contributed by atoms with Crippen molar-refractivity contribution in [2.75, 3.05) is 0 Å². The van der Waals surface area contributed by atoms with E-state index in [9.17, 15) is 0 Å². The first-order valence-corrected chi connectivity index (χ1v) is 5.49. The molecule has 0 radical (unpaired) electrons. The fourth-order valence-electron chi connectivity index (χ4n) is 1.52. The summed E-state index contributed by atoms with van der Waals surface area (Å²) in [4.78, 5) is 3.98. The standard InChI is InChI=1S/C12H16N4/c1-2-16-10-12(9-15-16)8-14-7-11-3-5-13-6-4-11/h3-6,9-10,14H,2,7-8H2,1H3. The van der Waals surface area contributed by atoms with E-state index in [1.165, 1.54) is 11.1 Å². The van der Waals surface area contributed by atoms with Crippen LogP contribution in [-0.4, -0.2) is 14.8 Å². The zero-order chi connectivity index (χ0) is 11.2. The van der Waals surface area contributed by atoms with Gasteiger partial charge in [0.25, 0.3) is 0 Å². The van der Waals surface area contributed by atoms with E-state index in [1.807, 2.05) is 35.4 Å². The third-order valence-electron chi connectivity index (χ3n) is 2.42. The van der Waals surface area contributed by atoms with Gasteiger partial charge in [-0.05, 0) is 24.6 Å². The molecule has 2 aromatic heterocycles. The largest absolute Gasteiger partial charge is 0.309 e. The lowest BCUT2D eigenvalue weighted by molar-refractivity contribution is 0.655. The normalized spacial score (nSPS) is 10.6. The Hall–Kier alpha value is -1.68. The zero-order valence-corrected chi connectivity index (χ0v) is 9.43. The molecule has 0 saturated carbocycles. The first-order valence-electron chi connectivity index (χ1n) is 5.49. The third kappa shape index (κ3) is 2.90. The molecule has 0 bridgehead atoms. The van der Waals surface area contributed by atoms with Crippen molar-refractivity contribution in [2.45, 2.75) is 26.6 Å². The average Bonchev–Trinajstić information content (AvgIpc) is 2.78. The highest BCUT2D eigenvalue weighted by molar-refractivity contribution is 5.10. The van der Waals surface area contributed by atoms with Gasteiger partial charge in [-0.25, -0.2) is 0 Å². The maximum Gasteiger partial charge on any atom is 0.0534 e. The molecule has 0 spiro atoms. The molecule has 0 fully saturated rings. The number of rotatable bonds is 5. The molecule has 0 aromatic carbocycles. The van der Waals surface area contributed by atoms with Crippen molar-refractivity contribution in [3.63, 3.8) is 0 Å². The van der Waals surface area contributed by atoms with Crippen molar-refractivity contribution in [3.05, 3.63) is 48.0 Å². The van der Waals surface area contributed by atoms with E-state index in [0.29, 0.717) is 0 Å². The van der Waals surface area contributed by atoms with E-state index < -0.39 is 0 Å². The molecule has 84 valence electrons. The van der Waals surface area contributed by atoms with Crippen molar-refractivity contribution < 1.29 is 0 Å². The van der Waals surface area contributed by atoms with Gasteiger partial charge in [0.05, 0.1) is 6.20 Å². The van der Waals surface area contributed by atoms with Crippen molar-refractivity contribution in [1.82, 2.24) is 20.1 Å². The number of nitrogens with zero attached hydrogens (tertiary/aromatic N) is 3. The molecular formula is C12H16N4. The van der Waals surface area contributed by atoms with Gasteiger partial charge in [0, 0.05) is 43.8 Å². The molecular weight excluding hydrogens is 200 g/mol. The van der Waals surface area contributed by atoms with Crippen LogP contribution in [0.25, 0.3) is 0 Å². The summed E-state index contributed by atoms with van der Waals surface area (Å²) in [6, 6.07) is 4.03. The van der Waals surface area contributed by atoms with Crippen LogP contribution >= 0.6 is 0 Å². The number of aromatic nitrogens is 3. The summed E-state index contributed by atoms with van der Waals surface area (Å²) in [5.74, 6) is 0. The Morgan fingerprint density at radius 3 is 2.62 bits per heavy atom. The van der Waals surface area contributed by atoms with Crippen LogP contribution in [0.3, 0.4) is 0 Å². The summed E-state index contributed by atoms with van der Waals surface area (Å²) in [5.41, 5.74) is 2.47. The first kappa shape index (κ1) is 10.8. The Morgan fingerprint density at radius 1 is 1.19 bits per heavy atom. The second kappa shape index (κ2) is 5.42. The van der Waals surface area contributed by atoms with Gasteiger partial charge in [-0.15, -0.1) is 0 Å². The second-order valence-electron chi connectivity index (χ2n) is 3.66. The summed E-state index contributed by atoms with van der Waals surface area (Å²) in [5, 5.41) is 7.60. The monoisotopic (exact) mass is 216 g/mol. The minimum Gasteiger partial charge on any atom is -0.309 e. The molecule has 0 amide bonds. The molecule has 4 nitrogen and oxygen atoms in total. The maximum absolute atomic E-state index is 4.23. The van der Waals surface area contributed by atoms with Gasteiger partial charge in [0.1, 0.15) is 0 Å². The van der Waals surface area contributed by atoms with Crippen LogP contribution in [0, 0.1) is 0 Å². The quantitative estimate of drug-likeness (QED) is 0.825. The van der Waals surface area contributed by atoms with Crippen LogP contribution in [0.1, 0.15) is 18.1 Å². The highest BCUT2D eigenvalue weighted by Crippen LogP contribution is 1.99. The second-order valence-corrected chi connectivity index (χ2v) is 3.66. The number of pyridine rings is 1. The molecule has 2 rings (SSSR count). The Kier molecular flexibility index (Phi) is 3.66. The Morgan fingerprint density at radius 2 is 1.94 bits per heavy atom. The van der Waals surface area contributed by atoms with Gasteiger partial charge >= 0.3 is 0 Å². The lowest BCUT2D eigenvalue weighted by atomic mass is 10.2. The van der Waals surface area contributed by atoms with E-state index in [-0.39, 0.29) is 0 Å². The van der Waals surface area contributed by atoms with E-state index >= 15 is 0 Å². The van der Waals surface area contributed by atoms with E-state index in [0.717, 1.165) is 19.6 Å². The van der Waals surface area contributed by atoms with Crippen molar-refractivity contribution in [1.29, 1.82) is 0 Å². The summed E-state index contributed by atoms with van der Waals surface area (Å²) < 4.78 is 1.93. The molecule has 0 aliphatic heterocycles. The van der Waals surface area contributed by atoms with Gasteiger partial charge < -0.3 is 5.32 Å². The van der Waals surface area contributed by atoms with Gasteiger partial charge in [-0.1, -0.05) is 0 Å². The van der Waals surface area contributed by atoms with E-state index in [2.05, 4.69) is 28.5 Å². The number of aryl methyl sites for hydroxylation is 1. The molecule has 0 saturated heterocycles. The lowest BCUT2D eigenvalue weighted by Gasteiger charge is -2.02. The molecule has 16 heavy (non-hydrogen) atoms. The average molecular weight is 216 g/mol. The fourth-order valence-corrected chi connectivity index (χ4v) is 1.52. The number of hydrogen-bond acceptors (Lipinski definition) is 3. The number of hydrogen-bond donors (Lipinski definition) is 1. The van der Waals surface area contributed by atoms with E-state index in [4.69, 9.17) is 0 Å². The molecule has 0 aliphatic rings. The third-order valence-corrected chi connectivity index (χ3v) is 2.42. The molecule has 4 heteroatoms. The highest BCUT2D eigenvalue weighted by atomic mass is 15.3. The molecule has 2 aromatic rings. The van der Waals surface area contributed by atoms with Gasteiger partial charge in [0.2, 0.25) is 0 Å². The summed E-state index contributed by atoms with van der Waals surface area (Å²) >= 11 is 0. The molecule has 2 heterocycles. The zero-order valence-electron chi connectivity index (χ0n) is 9.43. The van der Waals surface area contributed by atoms with Crippen LogP contribution in [-0.2, 0) is 19.6 Å². The summed E-state index contributed by atoms with van der Waals surface area (Å²) in [6.45, 7) is 4.72. The molecule has 0 atom stereocenters. The SMILES string of the molecule is CCn1cc(CNCc2ccncc2)cn1. The topological polar surface area (TPSA) is 42.7 Å². The molecule has 0 aliphatic carbocycles. The predicted octanol–water partition coefficient (Wildman–Crippen LogP) is 1.59. The summed E-state index contributed by atoms with van der Waals surface area (Å²) in [6.07, 6.45) is 7.60. The van der Waals surface area contributed by atoms with Crippen molar-refractivity contribution in [2.24, 2.45) is 0 Å². The smallest absolute Gasteiger partial charge is 0.0534 e. The van der Waals surface area contributed by atoms with Crippen molar-refractivity contribution in [3.8, 4) is 0 Å². The minimum atomic E-state index is 0.850. The first-order chi connectivity index (χ1) is 7.88. The van der Waals surface area contributed by atoms with Gasteiger partial charge in [-0.3, -0.25) is 9.67 Å². The van der Waals surface area contributed by atoms with Gasteiger partial charge in [0.15, 0.2) is 0 Å². The molecule has 1 N–H and O–H groups in total. The van der Waals surface area contributed by atoms with Crippen LogP contribution in [0.5, 0.6) is 0 Å². The Balaban J connectivity index is 1.80. The maximum atomic E-state index is 4.23. The molecule has 0 unspecified atom stereocenters. The van der Waals surface area contributed by atoms with Crippen LogP contribution in [0.15, 0.2) is 36.9 Å². The number of nitrogens with one attached hydrogen (secondary N) is 1. The van der Waals surface area contributed by atoms with Crippen molar-refractivity contribution >= 4 is 0 Å². The Labute approximate surface area is 95.3 Å². The van der Waals surface area contributed by atoms with Crippen LogP contribution < -0.4 is 5.32 Å². The fraction of sp³-hybridized carbons (Fsp3) is 0.333. The van der Waals surface area contributed by atoms with Crippen LogP contribution in [0.2, 0.25) is 0 Å². The highest BCUT2D eigenvalue weighted by Gasteiger charge is 1.97. The van der Waals surface area contributed by atoms with Crippen LogP contribution in [0.4, 0.5) is 0 Å². The minimum absolute atomic E-state index is 0.850. The van der Waals surface area contributed by atoms with E-state index in [1.54, 1.807) is 0 Å². The Bertz CT molecular complexity index is 422. The van der Waals surface area contributed by atoms with Gasteiger partial charge in [-0.2, -0.15) is 5.10 Å². The predicted molar refractivity (Wildman–Crippen MR) is 62.7 cm³/mol. The summed E-state index contributed by atoms with van der Waals surface area (Å²) in [7, 11) is 0. The lowest BCUT2D eigenvalue weighted by Crippen LogP contribution is -2.12.